The average molecular weight is 232 g/mol. The molecule has 0 fully saturated rings. The van der Waals surface area contributed by atoms with Gasteiger partial charge < -0.3 is 0 Å². The third-order valence-electron chi connectivity index (χ3n) is 2.68. The van der Waals surface area contributed by atoms with Crippen LogP contribution in [0.2, 0.25) is 0 Å². The Balaban J connectivity index is 3.12. The van der Waals surface area contributed by atoms with Gasteiger partial charge in [-0.25, -0.2) is 14.8 Å². The van der Waals surface area contributed by atoms with Gasteiger partial charge in [-0.05, 0) is 13.0 Å². The van der Waals surface area contributed by atoms with Crippen LogP contribution in [0.4, 0.5) is 0 Å². The summed E-state index contributed by atoms with van der Waals surface area (Å²) in [5.41, 5.74) is 0.793. The molecule has 0 amide bonds. The van der Waals surface area contributed by atoms with E-state index in [9.17, 15) is 9.59 Å². The number of aromatic nitrogens is 4. The minimum absolute atomic E-state index is 0.176. The van der Waals surface area contributed by atoms with Crippen LogP contribution in [0.15, 0.2) is 16.2 Å². The molecule has 88 valence electrons. The van der Waals surface area contributed by atoms with Crippen molar-refractivity contribution < 1.29 is 0 Å². The number of nitrogens with zero attached hydrogens (tertiary/aromatic N) is 4. The molecule has 2 rings (SSSR count). The van der Waals surface area contributed by atoms with Crippen molar-refractivity contribution in [1.29, 1.82) is 0 Å². The number of rotatable bonds is 1. The Morgan fingerprint density at radius 3 is 2.41 bits per heavy atom. The number of hydrogen-bond donors (Lipinski definition) is 0. The first-order valence-corrected chi connectivity index (χ1v) is 5.04. The van der Waals surface area contributed by atoms with Gasteiger partial charge in [-0.15, -0.1) is 0 Å². The van der Waals surface area contributed by atoms with Crippen LogP contribution in [0, 0.1) is 6.92 Å². The van der Waals surface area contributed by atoms with E-state index in [2.05, 4.69) is 16.5 Å². The lowest BCUT2D eigenvalue weighted by Crippen LogP contribution is -2.38. The van der Waals surface area contributed by atoms with Crippen molar-refractivity contribution in [2.75, 3.05) is 0 Å². The molecule has 0 unspecified atom stereocenters. The Hall–Kier alpha value is -2.24. The van der Waals surface area contributed by atoms with Gasteiger partial charge in [0.05, 0.1) is 11.4 Å². The normalized spacial score (nSPS) is 10.8. The molecule has 2 aromatic heterocycles. The zero-order chi connectivity index (χ0) is 12.7. The molecule has 0 aromatic carbocycles. The largest absolute Gasteiger partial charge is 0.332 e. The van der Waals surface area contributed by atoms with E-state index in [1.54, 1.807) is 14.0 Å². The second-order valence-corrected chi connectivity index (χ2v) is 3.78. The molecule has 0 aliphatic carbocycles. The van der Waals surface area contributed by atoms with E-state index in [0.29, 0.717) is 17.0 Å². The summed E-state index contributed by atoms with van der Waals surface area (Å²) < 4.78 is 2.32. The Morgan fingerprint density at radius 1 is 1.18 bits per heavy atom. The van der Waals surface area contributed by atoms with Crippen LogP contribution in [-0.2, 0) is 14.1 Å². The summed E-state index contributed by atoms with van der Waals surface area (Å²) in [5, 5.41) is 0. The van der Waals surface area contributed by atoms with Gasteiger partial charge in [-0.3, -0.25) is 13.9 Å². The number of hydrogen-bond acceptors (Lipinski definition) is 4. The lowest BCUT2D eigenvalue weighted by Gasteiger charge is -2.07. The fraction of sp³-hybridized carbons (Fsp3) is 0.273. The first kappa shape index (κ1) is 11.3. The molecular formula is C11H12N4O2. The maximum Gasteiger partial charge on any atom is 0.332 e. The minimum atomic E-state index is -0.446. The first-order valence-electron chi connectivity index (χ1n) is 5.04. The molecule has 0 aliphatic heterocycles. The maximum atomic E-state index is 11.9. The molecule has 2 heterocycles. The van der Waals surface area contributed by atoms with Crippen molar-refractivity contribution in [3.63, 3.8) is 0 Å². The molecule has 6 nitrogen and oxygen atoms in total. The molecular weight excluding hydrogens is 220 g/mol. The van der Waals surface area contributed by atoms with Crippen LogP contribution in [0.1, 0.15) is 11.4 Å². The van der Waals surface area contributed by atoms with Crippen LogP contribution in [0.5, 0.6) is 0 Å². The molecule has 0 atom stereocenters. The second-order valence-electron chi connectivity index (χ2n) is 3.78. The molecule has 0 radical (unpaired) electrons. The third-order valence-corrected chi connectivity index (χ3v) is 2.68. The SMILES string of the molecule is C=Cc1nc2c(=O)n(C)c(=O)n(C)c2nc1C. The molecule has 0 bridgehead atoms. The van der Waals surface area contributed by atoms with Gasteiger partial charge in [0.15, 0.2) is 11.2 Å². The quantitative estimate of drug-likeness (QED) is 0.692. The Bertz CT molecular complexity index is 740. The van der Waals surface area contributed by atoms with Gasteiger partial charge in [0.1, 0.15) is 0 Å². The fourth-order valence-electron chi connectivity index (χ4n) is 1.65. The molecule has 6 heteroatoms. The highest BCUT2D eigenvalue weighted by molar-refractivity contribution is 5.70. The highest BCUT2D eigenvalue weighted by Gasteiger charge is 2.12. The predicted octanol–water partition coefficient (Wildman–Crippen LogP) is -0.0214. The molecule has 0 aliphatic rings. The molecule has 17 heavy (non-hydrogen) atoms. The summed E-state index contributed by atoms with van der Waals surface area (Å²) in [7, 11) is 2.98. The number of aryl methyl sites for hydroxylation is 2. The van der Waals surface area contributed by atoms with Gasteiger partial charge in [-0.1, -0.05) is 6.58 Å². The number of fused-ring (bicyclic) bond motifs is 1. The van der Waals surface area contributed by atoms with E-state index in [0.717, 1.165) is 4.57 Å². The van der Waals surface area contributed by atoms with Crippen molar-refractivity contribution in [1.82, 2.24) is 19.1 Å². The van der Waals surface area contributed by atoms with Crippen LogP contribution >= 0.6 is 0 Å². The maximum absolute atomic E-state index is 11.9. The van der Waals surface area contributed by atoms with Gasteiger partial charge in [0.2, 0.25) is 0 Å². The summed E-state index contributed by atoms with van der Waals surface area (Å²) >= 11 is 0. The summed E-state index contributed by atoms with van der Waals surface area (Å²) in [6.07, 6.45) is 1.53. The van der Waals surface area contributed by atoms with Gasteiger partial charge in [-0.2, -0.15) is 0 Å². The van der Waals surface area contributed by atoms with Gasteiger partial charge >= 0.3 is 5.69 Å². The Morgan fingerprint density at radius 2 is 1.82 bits per heavy atom. The topological polar surface area (TPSA) is 69.8 Å². The van der Waals surface area contributed by atoms with Crippen LogP contribution < -0.4 is 11.2 Å². The van der Waals surface area contributed by atoms with E-state index in [1.807, 2.05) is 0 Å². The zero-order valence-corrected chi connectivity index (χ0v) is 9.89. The van der Waals surface area contributed by atoms with Crippen molar-refractivity contribution >= 4 is 17.2 Å². The summed E-state index contributed by atoms with van der Waals surface area (Å²) in [4.78, 5) is 32.0. The van der Waals surface area contributed by atoms with E-state index in [1.165, 1.54) is 17.7 Å². The van der Waals surface area contributed by atoms with Gasteiger partial charge in [0, 0.05) is 14.1 Å². The lowest BCUT2D eigenvalue weighted by atomic mass is 10.3. The van der Waals surface area contributed by atoms with Crippen LogP contribution in [0.25, 0.3) is 17.2 Å². The molecule has 0 saturated heterocycles. The molecule has 0 saturated carbocycles. The van der Waals surface area contributed by atoms with E-state index in [4.69, 9.17) is 0 Å². The van der Waals surface area contributed by atoms with Crippen molar-refractivity contribution in [3.8, 4) is 0 Å². The van der Waals surface area contributed by atoms with Crippen molar-refractivity contribution in [2.45, 2.75) is 6.92 Å². The molecule has 0 N–H and O–H groups in total. The highest BCUT2D eigenvalue weighted by Crippen LogP contribution is 2.08. The summed E-state index contributed by atoms with van der Waals surface area (Å²) in [6, 6.07) is 0. The van der Waals surface area contributed by atoms with E-state index in [-0.39, 0.29) is 5.52 Å². The predicted molar refractivity (Wildman–Crippen MR) is 64.8 cm³/mol. The standard InChI is InChI=1S/C11H12N4O2/c1-5-7-6(2)12-9-8(13-7)10(16)15(4)11(17)14(9)3/h5H,1H2,2-4H3. The smallest absolute Gasteiger partial charge is 0.279 e. The van der Waals surface area contributed by atoms with Crippen LogP contribution in [-0.4, -0.2) is 19.1 Å². The van der Waals surface area contributed by atoms with Crippen LogP contribution in [0.3, 0.4) is 0 Å². The Kier molecular flexibility index (Phi) is 2.42. The average Bonchev–Trinajstić information content (AvgIpc) is 2.33. The van der Waals surface area contributed by atoms with Crippen molar-refractivity contribution in [3.05, 3.63) is 38.8 Å². The Labute approximate surface area is 96.9 Å². The first-order chi connectivity index (χ1) is 7.97. The zero-order valence-electron chi connectivity index (χ0n) is 9.89. The second kappa shape index (κ2) is 3.65. The van der Waals surface area contributed by atoms with Gasteiger partial charge in [0.25, 0.3) is 5.56 Å². The fourth-order valence-corrected chi connectivity index (χ4v) is 1.65. The molecule has 0 spiro atoms. The molecule has 2 aromatic rings. The minimum Gasteiger partial charge on any atom is -0.279 e. The lowest BCUT2D eigenvalue weighted by molar-refractivity contribution is 0.703. The highest BCUT2D eigenvalue weighted by atomic mass is 16.2. The van der Waals surface area contributed by atoms with E-state index >= 15 is 0 Å². The summed E-state index contributed by atoms with van der Waals surface area (Å²) in [6.45, 7) is 5.37. The monoisotopic (exact) mass is 232 g/mol. The van der Waals surface area contributed by atoms with Crippen molar-refractivity contribution in [2.24, 2.45) is 14.1 Å². The van der Waals surface area contributed by atoms with E-state index < -0.39 is 11.2 Å². The third kappa shape index (κ3) is 1.49. The summed E-state index contributed by atoms with van der Waals surface area (Å²) in [5.74, 6) is 0.